The number of nitro groups is 1. The van der Waals surface area contributed by atoms with E-state index in [1.807, 2.05) is 38.1 Å². The summed E-state index contributed by atoms with van der Waals surface area (Å²) in [5.41, 5.74) is 2.90. The molecule has 0 aliphatic carbocycles. The van der Waals surface area contributed by atoms with E-state index in [0.717, 1.165) is 22.0 Å². The second-order valence-electron chi connectivity index (χ2n) is 5.28. The van der Waals surface area contributed by atoms with Crippen molar-refractivity contribution in [2.24, 2.45) is 0 Å². The van der Waals surface area contributed by atoms with Crippen molar-refractivity contribution < 1.29 is 4.92 Å². The molecule has 7 nitrogen and oxygen atoms in total. The van der Waals surface area contributed by atoms with Gasteiger partial charge in [0.15, 0.2) is 5.82 Å². The molecule has 0 saturated heterocycles. The molecule has 0 N–H and O–H groups in total. The van der Waals surface area contributed by atoms with Gasteiger partial charge in [0.05, 0.1) is 10.6 Å². The lowest BCUT2D eigenvalue weighted by Crippen LogP contribution is -2.03. The maximum Gasteiger partial charge on any atom is 0.269 e. The molecule has 0 fully saturated rings. The van der Waals surface area contributed by atoms with Crippen LogP contribution < -0.4 is 0 Å². The quantitative estimate of drug-likeness (QED) is 0.401. The summed E-state index contributed by atoms with van der Waals surface area (Å²) in [6.45, 7) is 3.90. The summed E-state index contributed by atoms with van der Waals surface area (Å²) in [4.78, 5) is 10.4. The van der Waals surface area contributed by atoms with Gasteiger partial charge in [-0.2, -0.15) is 5.10 Å². The smallest absolute Gasteiger partial charge is 0.258 e. The Morgan fingerprint density at radius 2 is 2.00 bits per heavy atom. The normalized spacial score (nSPS) is 10.8. The number of thioether (sulfide) groups is 1. The van der Waals surface area contributed by atoms with Gasteiger partial charge in [-0.3, -0.25) is 10.1 Å². The van der Waals surface area contributed by atoms with Crippen molar-refractivity contribution in [3.05, 3.63) is 69.5 Å². The summed E-state index contributed by atoms with van der Waals surface area (Å²) < 4.78 is 1.75. The number of rotatable bonds is 5. The van der Waals surface area contributed by atoms with Crippen LogP contribution in [-0.4, -0.2) is 24.9 Å². The second-order valence-corrected chi connectivity index (χ2v) is 6.28. The van der Waals surface area contributed by atoms with Crippen molar-refractivity contribution in [3.63, 3.8) is 0 Å². The zero-order chi connectivity index (χ0) is 17.1. The topological polar surface area (TPSA) is 86.7 Å². The van der Waals surface area contributed by atoms with Crippen LogP contribution in [0.4, 0.5) is 5.69 Å². The predicted molar refractivity (Wildman–Crippen MR) is 91.3 cm³/mol. The largest absolute Gasteiger partial charge is 0.269 e. The van der Waals surface area contributed by atoms with Crippen LogP contribution in [0.1, 0.15) is 17.0 Å². The summed E-state index contributed by atoms with van der Waals surface area (Å²) in [6.07, 6.45) is 0. The van der Waals surface area contributed by atoms with E-state index in [0.29, 0.717) is 11.6 Å². The Kier molecular flexibility index (Phi) is 4.57. The monoisotopic (exact) mass is 341 g/mol. The lowest BCUT2D eigenvalue weighted by Gasteiger charge is -2.04. The predicted octanol–water partition coefficient (Wildman–Crippen LogP) is 3.48. The molecular weight excluding hydrogens is 326 g/mol. The summed E-state index contributed by atoms with van der Waals surface area (Å²) in [7, 11) is 0. The molecule has 24 heavy (non-hydrogen) atoms. The standard InChI is InChI=1S/C16H15N5O2S/c1-11-8-12(2)20(19-11)15-6-7-16(18-17-15)24-10-13-4-3-5-14(9-13)21(22)23/h3-9H,10H2,1-2H3. The number of aryl methyl sites for hydroxylation is 2. The first kappa shape index (κ1) is 16.1. The van der Waals surface area contributed by atoms with Crippen LogP contribution >= 0.6 is 11.8 Å². The molecule has 1 aromatic carbocycles. The van der Waals surface area contributed by atoms with E-state index in [4.69, 9.17) is 0 Å². The third kappa shape index (κ3) is 3.60. The van der Waals surface area contributed by atoms with Crippen LogP contribution in [0, 0.1) is 24.0 Å². The minimum absolute atomic E-state index is 0.0964. The van der Waals surface area contributed by atoms with Crippen molar-refractivity contribution in [3.8, 4) is 5.82 Å². The molecule has 0 spiro atoms. The van der Waals surface area contributed by atoms with Gasteiger partial charge >= 0.3 is 0 Å². The van der Waals surface area contributed by atoms with E-state index in [1.165, 1.54) is 17.8 Å². The highest BCUT2D eigenvalue weighted by atomic mass is 32.2. The van der Waals surface area contributed by atoms with Gasteiger partial charge in [-0.25, -0.2) is 4.68 Å². The van der Waals surface area contributed by atoms with Gasteiger partial charge in [-0.15, -0.1) is 10.2 Å². The maximum absolute atomic E-state index is 10.8. The molecule has 0 saturated carbocycles. The maximum atomic E-state index is 10.8. The number of non-ortho nitro benzene ring substituents is 1. The number of hydrogen-bond acceptors (Lipinski definition) is 6. The first-order valence-electron chi connectivity index (χ1n) is 7.26. The van der Waals surface area contributed by atoms with Crippen LogP contribution in [0.3, 0.4) is 0 Å². The van der Waals surface area contributed by atoms with E-state index < -0.39 is 4.92 Å². The molecule has 3 rings (SSSR count). The highest BCUT2D eigenvalue weighted by molar-refractivity contribution is 7.98. The van der Waals surface area contributed by atoms with Crippen molar-refractivity contribution in [1.82, 2.24) is 20.0 Å². The van der Waals surface area contributed by atoms with Gasteiger partial charge in [-0.1, -0.05) is 23.9 Å². The van der Waals surface area contributed by atoms with Crippen LogP contribution in [0.15, 0.2) is 47.5 Å². The summed E-state index contributed by atoms with van der Waals surface area (Å²) in [5.74, 6) is 1.26. The zero-order valence-electron chi connectivity index (χ0n) is 13.2. The van der Waals surface area contributed by atoms with Crippen molar-refractivity contribution in [1.29, 1.82) is 0 Å². The molecular formula is C16H15N5O2S. The first-order chi connectivity index (χ1) is 11.5. The zero-order valence-corrected chi connectivity index (χ0v) is 14.0. The summed E-state index contributed by atoms with van der Waals surface area (Å²) in [6, 6.07) is 12.3. The highest BCUT2D eigenvalue weighted by Crippen LogP contribution is 2.23. The molecule has 0 aliphatic rings. The average molecular weight is 341 g/mol. The second kappa shape index (κ2) is 6.79. The minimum atomic E-state index is -0.392. The van der Waals surface area contributed by atoms with Crippen molar-refractivity contribution >= 4 is 17.4 Å². The van der Waals surface area contributed by atoms with Gasteiger partial charge in [0, 0.05) is 23.6 Å². The Morgan fingerprint density at radius 3 is 2.62 bits per heavy atom. The van der Waals surface area contributed by atoms with Crippen molar-refractivity contribution in [2.45, 2.75) is 24.6 Å². The van der Waals surface area contributed by atoms with E-state index in [2.05, 4.69) is 15.3 Å². The lowest BCUT2D eigenvalue weighted by molar-refractivity contribution is -0.384. The fourth-order valence-corrected chi connectivity index (χ4v) is 3.04. The van der Waals surface area contributed by atoms with E-state index in [-0.39, 0.29) is 5.69 Å². The van der Waals surface area contributed by atoms with E-state index in [9.17, 15) is 10.1 Å². The van der Waals surface area contributed by atoms with Crippen LogP contribution in [0.25, 0.3) is 5.82 Å². The lowest BCUT2D eigenvalue weighted by atomic mass is 10.2. The van der Waals surface area contributed by atoms with Crippen LogP contribution in [0.5, 0.6) is 0 Å². The van der Waals surface area contributed by atoms with Gasteiger partial charge in [0.25, 0.3) is 5.69 Å². The van der Waals surface area contributed by atoms with Crippen molar-refractivity contribution in [2.75, 3.05) is 0 Å². The molecule has 0 amide bonds. The summed E-state index contributed by atoms with van der Waals surface area (Å²) in [5, 5.41) is 24.3. The number of benzene rings is 1. The van der Waals surface area contributed by atoms with Gasteiger partial charge in [0.1, 0.15) is 5.03 Å². The molecule has 122 valence electrons. The molecule has 0 bridgehead atoms. The molecule has 2 heterocycles. The molecule has 0 radical (unpaired) electrons. The number of nitrogens with zero attached hydrogens (tertiary/aromatic N) is 5. The Labute approximate surface area is 142 Å². The van der Waals surface area contributed by atoms with Gasteiger partial charge in [0.2, 0.25) is 0 Å². The van der Waals surface area contributed by atoms with Gasteiger partial charge in [-0.05, 0) is 37.6 Å². The fourth-order valence-electron chi connectivity index (χ4n) is 2.28. The van der Waals surface area contributed by atoms with E-state index >= 15 is 0 Å². The molecule has 0 atom stereocenters. The number of hydrogen-bond donors (Lipinski definition) is 0. The molecule has 0 aliphatic heterocycles. The molecule has 3 aromatic rings. The molecule has 8 heteroatoms. The minimum Gasteiger partial charge on any atom is -0.258 e. The van der Waals surface area contributed by atoms with Crippen LogP contribution in [-0.2, 0) is 5.75 Å². The summed E-state index contributed by atoms with van der Waals surface area (Å²) >= 11 is 1.48. The third-order valence-electron chi connectivity index (χ3n) is 3.36. The highest BCUT2D eigenvalue weighted by Gasteiger charge is 2.08. The van der Waals surface area contributed by atoms with Gasteiger partial charge < -0.3 is 0 Å². The Morgan fingerprint density at radius 1 is 1.17 bits per heavy atom. The Balaban J connectivity index is 1.69. The average Bonchev–Trinajstić information content (AvgIpc) is 2.92. The first-order valence-corrected chi connectivity index (χ1v) is 8.25. The third-order valence-corrected chi connectivity index (χ3v) is 4.35. The molecule has 2 aromatic heterocycles. The Bertz CT molecular complexity index is 876. The number of aromatic nitrogens is 4. The van der Waals surface area contributed by atoms with Crippen LogP contribution in [0.2, 0.25) is 0 Å². The number of nitro benzene ring substituents is 1. The SMILES string of the molecule is Cc1cc(C)n(-c2ccc(SCc3cccc([N+](=O)[O-])c3)nn2)n1. The molecule has 0 unspecified atom stereocenters. The van der Waals surface area contributed by atoms with E-state index in [1.54, 1.807) is 16.8 Å². The fraction of sp³-hybridized carbons (Fsp3) is 0.188. The Hall–Kier alpha value is -2.74.